The van der Waals surface area contributed by atoms with Gasteiger partial charge in [0.25, 0.3) is 0 Å². The second-order valence-corrected chi connectivity index (χ2v) is 18.4. The molecule has 0 atom stereocenters. The Hall–Kier alpha value is -6.26. The molecule has 4 heterocycles. The molecule has 6 heteroatoms. The first-order valence-electron chi connectivity index (χ1n) is 24.0. The third-order valence-corrected chi connectivity index (χ3v) is 12.0. The largest absolute Gasteiger partial charge is 0.305 e. The third-order valence-electron chi connectivity index (χ3n) is 12.0. The van der Waals surface area contributed by atoms with E-state index >= 15 is 0 Å². The summed E-state index contributed by atoms with van der Waals surface area (Å²) in [6.45, 7) is 19.7. The second-order valence-electron chi connectivity index (χ2n) is 18.4. The van der Waals surface area contributed by atoms with Gasteiger partial charge in [-0.1, -0.05) is 135 Å². The van der Waals surface area contributed by atoms with Crippen molar-refractivity contribution in [3.8, 4) is 45.0 Å². The Bertz CT molecular complexity index is 3040. The molecular formula is C65H62Ir2N4-4. The van der Waals surface area contributed by atoms with Crippen molar-refractivity contribution in [1.29, 1.82) is 0 Å². The van der Waals surface area contributed by atoms with Crippen LogP contribution in [0.1, 0.15) is 66.6 Å². The van der Waals surface area contributed by atoms with Crippen LogP contribution in [-0.4, -0.2) is 19.9 Å². The summed E-state index contributed by atoms with van der Waals surface area (Å²) < 4.78 is 0. The monoisotopic (exact) mass is 1280 g/mol. The normalized spacial score (nSPS) is 10.5. The molecule has 71 heavy (non-hydrogen) atoms. The molecule has 0 unspecified atom stereocenters. The quantitative estimate of drug-likeness (QED) is 0.142. The molecule has 364 valence electrons. The fraction of sp³-hybridized carbons (Fsp3) is 0.200. The van der Waals surface area contributed by atoms with Gasteiger partial charge in [0, 0.05) is 63.4 Å². The van der Waals surface area contributed by atoms with Crippen LogP contribution >= 0.6 is 0 Å². The van der Waals surface area contributed by atoms with Crippen LogP contribution in [0, 0.1) is 70.7 Å². The molecule has 0 aliphatic rings. The number of aromatic nitrogens is 4. The Morgan fingerprint density at radius 1 is 0.423 bits per heavy atom. The average molecular weight is 1280 g/mol. The Kier molecular flexibility index (Phi) is 21.5. The summed E-state index contributed by atoms with van der Waals surface area (Å²) >= 11 is 0. The maximum Gasteiger partial charge on any atom is 0.0598 e. The summed E-state index contributed by atoms with van der Waals surface area (Å²) in [4.78, 5) is 18.2. The van der Waals surface area contributed by atoms with Gasteiger partial charge in [0.2, 0.25) is 0 Å². The van der Waals surface area contributed by atoms with Crippen LogP contribution in [0.2, 0.25) is 0 Å². The number of hydrogen-bond acceptors (Lipinski definition) is 4. The topological polar surface area (TPSA) is 51.6 Å². The maximum atomic E-state index is 4.89. The van der Waals surface area contributed by atoms with Gasteiger partial charge in [-0.2, -0.15) is 0 Å². The summed E-state index contributed by atoms with van der Waals surface area (Å²) in [5.74, 6) is 1.30. The van der Waals surface area contributed by atoms with E-state index in [2.05, 4.69) is 169 Å². The number of benzene rings is 6. The van der Waals surface area contributed by atoms with E-state index in [0.29, 0.717) is 11.8 Å². The van der Waals surface area contributed by atoms with Crippen molar-refractivity contribution in [1.82, 2.24) is 19.9 Å². The second kappa shape index (κ2) is 27.4. The molecule has 0 aliphatic heterocycles. The molecule has 0 N–H and O–H groups in total. The van der Waals surface area contributed by atoms with Crippen LogP contribution in [0.15, 0.2) is 176 Å². The minimum absolute atomic E-state index is 0. The van der Waals surface area contributed by atoms with Gasteiger partial charge in [-0.3, -0.25) is 9.97 Å². The van der Waals surface area contributed by atoms with Gasteiger partial charge in [-0.15, -0.1) is 141 Å². The first-order valence-corrected chi connectivity index (χ1v) is 24.0. The molecule has 6 aromatic carbocycles. The summed E-state index contributed by atoms with van der Waals surface area (Å²) in [7, 11) is 0. The van der Waals surface area contributed by atoms with Crippen molar-refractivity contribution in [3.05, 3.63) is 239 Å². The molecule has 0 spiro atoms. The maximum absolute atomic E-state index is 4.89. The van der Waals surface area contributed by atoms with Crippen LogP contribution in [0.4, 0.5) is 0 Å². The SMILES string of the molecule is Cc1[c-]c(-c2ccc3c(CC(C)C)cccc3n2)cc(C)c1C.Cc1c[c-]c(-c2ccc3c(CC(C)C)cccc3n2)cc1C.[Ir].[Ir].[c-]1ccccc1-c1ccccn1.[c-]1ccccc1-c1ccccn1. The van der Waals surface area contributed by atoms with E-state index in [0.717, 1.165) is 68.9 Å². The summed E-state index contributed by atoms with van der Waals surface area (Å²) in [5, 5.41) is 2.54. The van der Waals surface area contributed by atoms with E-state index in [1.165, 1.54) is 49.7 Å². The van der Waals surface area contributed by atoms with Crippen LogP contribution in [0.3, 0.4) is 0 Å². The van der Waals surface area contributed by atoms with Gasteiger partial charge >= 0.3 is 0 Å². The van der Waals surface area contributed by atoms with E-state index in [-0.39, 0.29) is 40.2 Å². The molecule has 4 nitrogen and oxygen atoms in total. The van der Waals surface area contributed by atoms with Crippen molar-refractivity contribution in [2.24, 2.45) is 11.8 Å². The van der Waals surface area contributed by atoms with E-state index < -0.39 is 0 Å². The van der Waals surface area contributed by atoms with Crippen molar-refractivity contribution >= 4 is 21.8 Å². The predicted molar refractivity (Wildman–Crippen MR) is 290 cm³/mol. The molecule has 10 aromatic rings. The van der Waals surface area contributed by atoms with Crippen LogP contribution in [0.5, 0.6) is 0 Å². The average Bonchev–Trinajstić information content (AvgIpc) is 3.37. The van der Waals surface area contributed by atoms with Gasteiger partial charge in [0.05, 0.1) is 11.0 Å². The smallest absolute Gasteiger partial charge is 0.0598 e. The zero-order chi connectivity index (χ0) is 48.7. The van der Waals surface area contributed by atoms with Crippen molar-refractivity contribution in [2.45, 2.75) is 75.2 Å². The van der Waals surface area contributed by atoms with E-state index in [4.69, 9.17) is 9.97 Å². The van der Waals surface area contributed by atoms with Gasteiger partial charge in [0.1, 0.15) is 0 Å². The number of rotatable bonds is 8. The molecule has 0 fully saturated rings. The zero-order valence-corrected chi connectivity index (χ0v) is 47.1. The summed E-state index contributed by atoms with van der Waals surface area (Å²) in [6.07, 6.45) is 5.76. The Morgan fingerprint density at radius 2 is 0.901 bits per heavy atom. The van der Waals surface area contributed by atoms with Crippen molar-refractivity contribution in [3.63, 3.8) is 0 Å². The standard InChI is InChI=1S/C22H24N.C21H22N.2C11H8N.2Ir/c1-14(2)11-18-7-6-8-22-20(18)9-10-21(23-22)19-12-15(3)17(5)16(4)13-19;1-14(2)12-17-6-5-7-21-19(17)10-11-20(22-21)18-9-8-15(3)16(4)13-18;2*1-2-6-10(7-3-1)11-8-4-5-9-12-11;;/h6-10,12,14H,11H2,1-5H3;5-8,10-11,13-14H,12H2,1-4H3;2*1-6,8-9H;;/q4*-1;;. The van der Waals surface area contributed by atoms with Crippen LogP contribution in [-0.2, 0) is 53.1 Å². The number of nitrogens with zero attached hydrogens (tertiary/aromatic N) is 4. The Balaban J connectivity index is 0.000000181. The third kappa shape index (κ3) is 15.6. The number of hydrogen-bond donors (Lipinski definition) is 0. The molecule has 2 radical (unpaired) electrons. The van der Waals surface area contributed by atoms with Gasteiger partial charge < -0.3 is 9.97 Å². The number of fused-ring (bicyclic) bond motifs is 2. The Labute approximate surface area is 450 Å². The zero-order valence-electron chi connectivity index (χ0n) is 42.3. The predicted octanol–water partition coefficient (Wildman–Crippen LogP) is 16.4. The first-order chi connectivity index (χ1) is 33.4. The van der Waals surface area contributed by atoms with Crippen LogP contribution < -0.4 is 0 Å². The number of pyridine rings is 4. The van der Waals surface area contributed by atoms with Crippen LogP contribution in [0.25, 0.3) is 66.8 Å². The molecule has 4 aromatic heterocycles. The molecule has 0 aliphatic carbocycles. The van der Waals surface area contributed by atoms with Gasteiger partial charge in [-0.05, 0) is 82.8 Å². The molecule has 0 amide bonds. The minimum atomic E-state index is 0. The molecular weight excluding hydrogens is 1220 g/mol. The van der Waals surface area contributed by atoms with Gasteiger partial charge in [0.15, 0.2) is 0 Å². The van der Waals surface area contributed by atoms with E-state index in [9.17, 15) is 0 Å². The van der Waals surface area contributed by atoms with E-state index in [1.54, 1.807) is 12.4 Å². The summed E-state index contributed by atoms with van der Waals surface area (Å²) in [5.41, 5.74) is 19.5. The first kappa shape index (κ1) is 55.7. The van der Waals surface area contributed by atoms with Crippen molar-refractivity contribution < 1.29 is 40.2 Å². The fourth-order valence-electron chi connectivity index (χ4n) is 8.03. The fourth-order valence-corrected chi connectivity index (χ4v) is 8.03. The molecule has 0 saturated heterocycles. The summed E-state index contributed by atoms with van der Waals surface area (Å²) in [6, 6.07) is 68.4. The Morgan fingerprint density at radius 3 is 1.32 bits per heavy atom. The molecule has 10 rings (SSSR count). The minimum Gasteiger partial charge on any atom is -0.305 e. The molecule has 0 bridgehead atoms. The molecule has 0 saturated carbocycles. The van der Waals surface area contributed by atoms with Crippen molar-refractivity contribution in [2.75, 3.05) is 0 Å². The van der Waals surface area contributed by atoms with E-state index in [1.807, 2.05) is 91.0 Å². The van der Waals surface area contributed by atoms with Gasteiger partial charge in [-0.25, -0.2) is 0 Å². The number of aryl methyl sites for hydroxylation is 4.